The largest absolute Gasteiger partial charge is 0.324 e. The first-order valence-electron chi connectivity index (χ1n) is 7.39. The van der Waals surface area contributed by atoms with Gasteiger partial charge in [-0.1, -0.05) is 23.8 Å². The molecule has 0 fully saturated rings. The zero-order valence-corrected chi connectivity index (χ0v) is 12.6. The van der Waals surface area contributed by atoms with E-state index in [1.165, 1.54) is 5.56 Å². The van der Waals surface area contributed by atoms with Gasteiger partial charge in [0.2, 0.25) is 5.95 Å². The van der Waals surface area contributed by atoms with Crippen LogP contribution in [0.25, 0.3) is 17.0 Å². The molecule has 4 aromatic rings. The molecule has 0 saturated heterocycles. The van der Waals surface area contributed by atoms with Crippen LogP contribution >= 0.6 is 0 Å². The maximum absolute atomic E-state index is 4.60. The molecule has 1 aromatic carbocycles. The summed E-state index contributed by atoms with van der Waals surface area (Å²) in [5.74, 6) is 0.567. The highest BCUT2D eigenvalue weighted by molar-refractivity contribution is 5.62. The Morgan fingerprint density at radius 3 is 2.70 bits per heavy atom. The number of pyridine rings is 1. The first kappa shape index (κ1) is 13.5. The van der Waals surface area contributed by atoms with E-state index < -0.39 is 0 Å². The maximum atomic E-state index is 4.60. The summed E-state index contributed by atoms with van der Waals surface area (Å²) in [6, 6.07) is 15.9. The third-order valence-electron chi connectivity index (χ3n) is 3.64. The van der Waals surface area contributed by atoms with E-state index in [-0.39, 0.29) is 0 Å². The van der Waals surface area contributed by atoms with E-state index in [0.717, 1.165) is 22.7 Å². The molecule has 0 aliphatic heterocycles. The molecule has 0 radical (unpaired) electrons. The normalized spacial score (nSPS) is 10.8. The number of benzene rings is 1. The molecule has 0 atom stereocenters. The minimum atomic E-state index is 0.567. The molecule has 0 spiro atoms. The van der Waals surface area contributed by atoms with E-state index in [0.29, 0.717) is 5.95 Å². The number of nitrogens with zero attached hydrogens (tertiary/aromatic N) is 4. The van der Waals surface area contributed by atoms with Crippen molar-refractivity contribution in [2.24, 2.45) is 0 Å². The molecule has 3 aromatic heterocycles. The number of hydrogen-bond acceptors (Lipinski definition) is 4. The lowest BCUT2D eigenvalue weighted by Crippen LogP contribution is -1.98. The van der Waals surface area contributed by atoms with E-state index >= 15 is 0 Å². The highest BCUT2D eigenvalue weighted by Gasteiger charge is 2.08. The minimum absolute atomic E-state index is 0.567. The van der Waals surface area contributed by atoms with Crippen molar-refractivity contribution in [3.05, 3.63) is 72.7 Å². The average Bonchev–Trinajstić information content (AvgIpc) is 3.01. The van der Waals surface area contributed by atoms with Crippen molar-refractivity contribution in [1.29, 1.82) is 0 Å². The number of aryl methyl sites for hydroxylation is 1. The molecule has 0 saturated carbocycles. The number of rotatable bonds is 3. The summed E-state index contributed by atoms with van der Waals surface area (Å²) < 4.78 is 2.01. The average molecular weight is 301 g/mol. The Morgan fingerprint density at radius 1 is 0.957 bits per heavy atom. The van der Waals surface area contributed by atoms with Crippen molar-refractivity contribution in [2.75, 3.05) is 5.32 Å². The minimum Gasteiger partial charge on any atom is -0.324 e. The van der Waals surface area contributed by atoms with Crippen molar-refractivity contribution in [2.45, 2.75) is 6.92 Å². The monoisotopic (exact) mass is 301 g/mol. The Hall–Kier alpha value is -3.21. The van der Waals surface area contributed by atoms with Crippen LogP contribution in [-0.4, -0.2) is 19.4 Å². The fourth-order valence-electron chi connectivity index (χ4n) is 2.45. The zero-order valence-electron chi connectivity index (χ0n) is 12.6. The van der Waals surface area contributed by atoms with Gasteiger partial charge in [0.15, 0.2) is 0 Å². The number of aromatic nitrogens is 4. The molecule has 5 heteroatoms. The Morgan fingerprint density at radius 2 is 1.83 bits per heavy atom. The summed E-state index contributed by atoms with van der Waals surface area (Å²) in [6.45, 7) is 2.06. The second-order valence-corrected chi connectivity index (χ2v) is 5.33. The summed E-state index contributed by atoms with van der Waals surface area (Å²) in [5.41, 5.74) is 4.85. The number of hydrogen-bond donors (Lipinski definition) is 1. The lowest BCUT2D eigenvalue weighted by atomic mass is 10.2. The van der Waals surface area contributed by atoms with Gasteiger partial charge in [-0.25, -0.2) is 15.0 Å². The van der Waals surface area contributed by atoms with Crippen LogP contribution in [0.1, 0.15) is 5.56 Å². The Bertz CT molecular complexity index is 956. The van der Waals surface area contributed by atoms with Crippen LogP contribution in [-0.2, 0) is 0 Å². The second kappa shape index (κ2) is 5.53. The van der Waals surface area contributed by atoms with Crippen LogP contribution < -0.4 is 5.32 Å². The molecule has 0 amide bonds. The molecule has 1 N–H and O–H groups in total. The van der Waals surface area contributed by atoms with Gasteiger partial charge in [-0.3, -0.25) is 4.40 Å². The van der Waals surface area contributed by atoms with Gasteiger partial charge < -0.3 is 5.32 Å². The molecule has 112 valence electrons. The third kappa shape index (κ3) is 2.64. The van der Waals surface area contributed by atoms with Crippen LogP contribution in [0.3, 0.4) is 0 Å². The van der Waals surface area contributed by atoms with Gasteiger partial charge in [-0.05, 0) is 37.3 Å². The SMILES string of the molecule is Cc1ccc(Nc2nccc(-c3cnc4ccccn34)n2)cc1. The Balaban J connectivity index is 1.70. The molecule has 0 bridgehead atoms. The summed E-state index contributed by atoms with van der Waals surface area (Å²) >= 11 is 0. The molecule has 0 unspecified atom stereocenters. The van der Waals surface area contributed by atoms with Gasteiger partial charge in [0, 0.05) is 18.1 Å². The first-order chi connectivity index (χ1) is 11.3. The zero-order chi connectivity index (χ0) is 15.6. The second-order valence-electron chi connectivity index (χ2n) is 5.33. The van der Waals surface area contributed by atoms with Crippen LogP contribution in [0.4, 0.5) is 11.6 Å². The highest BCUT2D eigenvalue weighted by atomic mass is 15.1. The van der Waals surface area contributed by atoms with Crippen LogP contribution in [0, 0.1) is 6.92 Å². The van der Waals surface area contributed by atoms with E-state index in [1.54, 1.807) is 6.20 Å². The predicted octanol–water partition coefficient (Wildman–Crippen LogP) is 3.84. The summed E-state index contributed by atoms with van der Waals surface area (Å²) in [7, 11) is 0. The lowest BCUT2D eigenvalue weighted by Gasteiger charge is -2.07. The molecule has 5 nitrogen and oxygen atoms in total. The summed E-state index contributed by atoms with van der Waals surface area (Å²) in [6.07, 6.45) is 5.56. The van der Waals surface area contributed by atoms with E-state index in [1.807, 2.05) is 53.2 Å². The smallest absolute Gasteiger partial charge is 0.227 e. The van der Waals surface area contributed by atoms with Crippen molar-refractivity contribution >= 4 is 17.3 Å². The van der Waals surface area contributed by atoms with Gasteiger partial charge in [-0.15, -0.1) is 0 Å². The molecule has 4 rings (SSSR count). The predicted molar refractivity (Wildman–Crippen MR) is 90.7 cm³/mol. The molecular weight excluding hydrogens is 286 g/mol. The van der Waals surface area contributed by atoms with E-state index in [2.05, 4.69) is 39.3 Å². The summed E-state index contributed by atoms with van der Waals surface area (Å²) in [5, 5.41) is 3.23. The number of anilines is 2. The molecule has 0 aliphatic rings. The number of nitrogens with one attached hydrogen (secondary N) is 1. The van der Waals surface area contributed by atoms with E-state index in [9.17, 15) is 0 Å². The molecule has 0 aliphatic carbocycles. The Labute approximate surface area is 133 Å². The van der Waals surface area contributed by atoms with Gasteiger partial charge in [0.05, 0.1) is 17.6 Å². The van der Waals surface area contributed by atoms with Crippen LogP contribution in [0.5, 0.6) is 0 Å². The molecule has 3 heterocycles. The van der Waals surface area contributed by atoms with Crippen molar-refractivity contribution < 1.29 is 0 Å². The maximum Gasteiger partial charge on any atom is 0.227 e. The first-order valence-corrected chi connectivity index (χ1v) is 7.39. The lowest BCUT2D eigenvalue weighted by molar-refractivity contribution is 1.13. The van der Waals surface area contributed by atoms with Crippen molar-refractivity contribution in [3.8, 4) is 11.4 Å². The molecular formula is C18H15N5. The van der Waals surface area contributed by atoms with E-state index in [4.69, 9.17) is 0 Å². The highest BCUT2D eigenvalue weighted by Crippen LogP contribution is 2.20. The number of imidazole rings is 1. The topological polar surface area (TPSA) is 55.1 Å². The third-order valence-corrected chi connectivity index (χ3v) is 3.64. The Kier molecular flexibility index (Phi) is 3.24. The summed E-state index contributed by atoms with van der Waals surface area (Å²) in [4.78, 5) is 13.3. The van der Waals surface area contributed by atoms with Crippen molar-refractivity contribution in [3.63, 3.8) is 0 Å². The molecule has 23 heavy (non-hydrogen) atoms. The standard InChI is InChI=1S/C18H15N5/c1-13-5-7-14(8-6-13)21-18-19-10-9-15(22-18)16-12-20-17-4-2-3-11-23(16)17/h2-12H,1H3,(H,19,21,22). The van der Waals surface area contributed by atoms with Crippen molar-refractivity contribution in [1.82, 2.24) is 19.4 Å². The van der Waals surface area contributed by atoms with Crippen LogP contribution in [0.2, 0.25) is 0 Å². The van der Waals surface area contributed by atoms with Gasteiger partial charge >= 0.3 is 0 Å². The fourth-order valence-corrected chi connectivity index (χ4v) is 2.45. The van der Waals surface area contributed by atoms with Crippen LogP contribution in [0.15, 0.2) is 67.1 Å². The van der Waals surface area contributed by atoms with Gasteiger partial charge in [0.1, 0.15) is 5.65 Å². The van der Waals surface area contributed by atoms with Gasteiger partial charge in [-0.2, -0.15) is 0 Å². The quantitative estimate of drug-likeness (QED) is 0.624. The fraction of sp³-hybridized carbons (Fsp3) is 0.0556. The van der Waals surface area contributed by atoms with Gasteiger partial charge in [0.25, 0.3) is 0 Å². The number of fused-ring (bicyclic) bond motifs is 1.